The van der Waals surface area contributed by atoms with Gasteiger partial charge in [0.1, 0.15) is 12.2 Å². The predicted molar refractivity (Wildman–Crippen MR) is 51.3 cm³/mol. The Hall–Kier alpha value is -0.510. The summed E-state index contributed by atoms with van der Waals surface area (Å²) in [7, 11) is 0. The van der Waals surface area contributed by atoms with Gasteiger partial charge >= 0.3 is 5.97 Å². The number of carbonyl (C=O) groups is 2. The van der Waals surface area contributed by atoms with Gasteiger partial charge in [0.05, 0.1) is 5.92 Å². The first-order valence-electron chi connectivity index (χ1n) is 4.16. The number of thioether (sulfide) groups is 1. The molecule has 0 aromatic heterocycles. The van der Waals surface area contributed by atoms with Gasteiger partial charge in [-0.3, -0.25) is 4.79 Å². The largest absolute Gasteiger partial charge is 0.454 e. The van der Waals surface area contributed by atoms with Crippen molar-refractivity contribution in [2.24, 2.45) is 17.3 Å². The number of hydrogen-bond acceptors (Lipinski definition) is 4. The molecule has 0 amide bonds. The Morgan fingerprint density at radius 1 is 1.62 bits per heavy atom. The highest BCUT2D eigenvalue weighted by atomic mass is 32.2. The Kier molecular flexibility index (Phi) is 3.01. The van der Waals surface area contributed by atoms with Gasteiger partial charge in [0.15, 0.2) is 0 Å². The predicted octanol–water partition coefficient (Wildman–Crippen LogP) is 1.32. The second kappa shape index (κ2) is 3.70. The number of carbonyl (C=O) groups excluding carboxylic acids is 2. The van der Waals surface area contributed by atoms with Gasteiger partial charge in [0.25, 0.3) is 0 Å². The van der Waals surface area contributed by atoms with Crippen LogP contribution in [0.1, 0.15) is 13.8 Å². The summed E-state index contributed by atoms with van der Waals surface area (Å²) in [6.45, 7) is 3.83. The molecule has 0 N–H and O–H groups in total. The lowest BCUT2D eigenvalue weighted by Gasteiger charge is -2.02. The average molecular weight is 202 g/mol. The average Bonchev–Trinajstić information content (AvgIpc) is 2.63. The molecule has 3 nitrogen and oxygen atoms in total. The van der Waals surface area contributed by atoms with Gasteiger partial charge in [-0.1, -0.05) is 13.8 Å². The minimum absolute atomic E-state index is 0.151. The number of esters is 1. The molecule has 74 valence electrons. The molecule has 0 heterocycles. The summed E-state index contributed by atoms with van der Waals surface area (Å²) in [4.78, 5) is 21.9. The van der Waals surface area contributed by atoms with Crippen molar-refractivity contribution < 1.29 is 14.3 Å². The number of ether oxygens (including phenoxy) is 1. The summed E-state index contributed by atoms with van der Waals surface area (Å²) in [5.41, 5.74) is -0.197. The van der Waals surface area contributed by atoms with Crippen molar-refractivity contribution >= 4 is 24.0 Å². The topological polar surface area (TPSA) is 43.4 Å². The highest BCUT2D eigenvalue weighted by molar-refractivity contribution is 7.98. The maximum Gasteiger partial charge on any atom is 0.311 e. The van der Waals surface area contributed by atoms with Gasteiger partial charge in [0.2, 0.25) is 0 Å². The van der Waals surface area contributed by atoms with E-state index in [1.807, 2.05) is 20.1 Å². The Morgan fingerprint density at radius 2 is 2.23 bits per heavy atom. The second-order valence-corrected chi connectivity index (χ2v) is 4.64. The van der Waals surface area contributed by atoms with E-state index in [0.717, 1.165) is 6.29 Å². The molecule has 1 aliphatic carbocycles. The third-order valence-electron chi connectivity index (χ3n) is 2.63. The molecule has 2 atom stereocenters. The molecular formula is C9H14O3S. The molecule has 0 saturated heterocycles. The van der Waals surface area contributed by atoms with Crippen LogP contribution >= 0.6 is 11.8 Å². The smallest absolute Gasteiger partial charge is 0.311 e. The normalized spacial score (nSPS) is 29.5. The zero-order valence-corrected chi connectivity index (χ0v) is 8.89. The summed E-state index contributed by atoms with van der Waals surface area (Å²) in [6, 6.07) is 0. The van der Waals surface area contributed by atoms with E-state index in [2.05, 4.69) is 0 Å². The first-order chi connectivity index (χ1) is 6.05. The van der Waals surface area contributed by atoms with Gasteiger partial charge in [-0.15, -0.1) is 11.8 Å². The fraction of sp³-hybridized carbons (Fsp3) is 0.778. The lowest BCUT2D eigenvalue weighted by molar-refractivity contribution is -0.144. The summed E-state index contributed by atoms with van der Waals surface area (Å²) in [5, 5.41) is 0. The maximum atomic E-state index is 11.4. The van der Waals surface area contributed by atoms with Gasteiger partial charge in [-0.05, 0) is 11.7 Å². The van der Waals surface area contributed by atoms with Crippen LogP contribution in [-0.2, 0) is 14.3 Å². The quantitative estimate of drug-likeness (QED) is 0.392. The summed E-state index contributed by atoms with van der Waals surface area (Å²) >= 11 is 1.45. The van der Waals surface area contributed by atoms with Crippen LogP contribution in [0, 0.1) is 17.3 Å². The van der Waals surface area contributed by atoms with Gasteiger partial charge < -0.3 is 9.53 Å². The Morgan fingerprint density at radius 3 is 2.62 bits per heavy atom. The number of aldehydes is 1. The van der Waals surface area contributed by atoms with E-state index >= 15 is 0 Å². The minimum atomic E-state index is -0.239. The first kappa shape index (κ1) is 10.6. The van der Waals surface area contributed by atoms with Crippen molar-refractivity contribution in [2.75, 3.05) is 12.2 Å². The third kappa shape index (κ3) is 1.88. The minimum Gasteiger partial charge on any atom is -0.454 e. The summed E-state index contributed by atoms with van der Waals surface area (Å²) in [6.07, 6.45) is 2.72. The molecule has 0 aromatic rings. The van der Waals surface area contributed by atoms with Crippen LogP contribution in [0.25, 0.3) is 0 Å². The molecule has 0 aliphatic heterocycles. The Labute approximate surface area is 82.2 Å². The van der Waals surface area contributed by atoms with E-state index in [1.165, 1.54) is 11.8 Å². The van der Waals surface area contributed by atoms with E-state index in [0.29, 0.717) is 5.94 Å². The Balaban J connectivity index is 2.46. The standard InChI is InChI=1S/C9H14O3S/c1-9(2)6(4-10)7(9)8(11)12-5-13-3/h4,6-7H,5H2,1-3H3. The van der Waals surface area contributed by atoms with Crippen LogP contribution in [-0.4, -0.2) is 24.5 Å². The highest BCUT2D eigenvalue weighted by Crippen LogP contribution is 2.57. The lowest BCUT2D eigenvalue weighted by atomic mass is 10.1. The molecule has 0 radical (unpaired) electrons. The molecule has 13 heavy (non-hydrogen) atoms. The van der Waals surface area contributed by atoms with E-state index in [1.54, 1.807) is 0 Å². The summed E-state index contributed by atoms with van der Waals surface area (Å²) < 4.78 is 4.95. The molecular weight excluding hydrogens is 188 g/mol. The van der Waals surface area contributed by atoms with Crippen LogP contribution < -0.4 is 0 Å². The van der Waals surface area contributed by atoms with Crippen molar-refractivity contribution in [2.45, 2.75) is 13.8 Å². The maximum absolute atomic E-state index is 11.4. The van der Waals surface area contributed by atoms with Crippen molar-refractivity contribution in [3.8, 4) is 0 Å². The van der Waals surface area contributed by atoms with Crippen LogP contribution in [0.2, 0.25) is 0 Å². The van der Waals surface area contributed by atoms with E-state index < -0.39 is 0 Å². The molecule has 1 rings (SSSR count). The fourth-order valence-corrected chi connectivity index (χ4v) is 1.82. The van der Waals surface area contributed by atoms with Gasteiger partial charge in [0, 0.05) is 5.92 Å². The SMILES string of the molecule is CSCOC(=O)C1C(C=O)C1(C)C. The van der Waals surface area contributed by atoms with E-state index in [9.17, 15) is 9.59 Å². The highest BCUT2D eigenvalue weighted by Gasteiger charge is 2.62. The molecule has 1 aliphatic rings. The van der Waals surface area contributed by atoms with Crippen molar-refractivity contribution in [1.82, 2.24) is 0 Å². The zero-order valence-electron chi connectivity index (χ0n) is 8.07. The molecule has 0 spiro atoms. The second-order valence-electron chi connectivity index (χ2n) is 3.83. The van der Waals surface area contributed by atoms with Crippen molar-refractivity contribution in [1.29, 1.82) is 0 Å². The van der Waals surface area contributed by atoms with Crippen LogP contribution in [0.5, 0.6) is 0 Å². The van der Waals surface area contributed by atoms with Gasteiger partial charge in [-0.2, -0.15) is 0 Å². The fourth-order valence-electron chi connectivity index (χ4n) is 1.59. The molecule has 4 heteroatoms. The monoisotopic (exact) mass is 202 g/mol. The van der Waals surface area contributed by atoms with E-state index in [4.69, 9.17) is 4.74 Å². The van der Waals surface area contributed by atoms with Crippen LogP contribution in [0.4, 0.5) is 0 Å². The first-order valence-corrected chi connectivity index (χ1v) is 5.56. The van der Waals surface area contributed by atoms with Crippen molar-refractivity contribution in [3.05, 3.63) is 0 Å². The molecule has 2 unspecified atom stereocenters. The Bertz CT molecular complexity index is 225. The van der Waals surface area contributed by atoms with Crippen LogP contribution in [0.3, 0.4) is 0 Å². The number of hydrogen-bond donors (Lipinski definition) is 0. The number of rotatable bonds is 4. The van der Waals surface area contributed by atoms with E-state index in [-0.39, 0.29) is 23.2 Å². The molecule has 1 fully saturated rings. The van der Waals surface area contributed by atoms with Crippen molar-refractivity contribution in [3.63, 3.8) is 0 Å². The van der Waals surface area contributed by atoms with Crippen LogP contribution in [0.15, 0.2) is 0 Å². The molecule has 0 bridgehead atoms. The molecule has 1 saturated carbocycles. The molecule has 0 aromatic carbocycles. The summed E-state index contributed by atoms with van der Waals surface area (Å²) in [5.74, 6) is -0.243. The third-order valence-corrected chi connectivity index (χ3v) is 2.98. The van der Waals surface area contributed by atoms with Gasteiger partial charge in [-0.25, -0.2) is 0 Å². The zero-order chi connectivity index (χ0) is 10.1. The lowest BCUT2D eigenvalue weighted by Crippen LogP contribution is -2.10.